The van der Waals surface area contributed by atoms with Crippen LogP contribution in [0.25, 0.3) is 0 Å². The number of nitrogens with zero attached hydrogens (tertiary/aromatic N) is 6. The third kappa shape index (κ3) is 4.68. The van der Waals surface area contributed by atoms with Crippen LogP contribution in [-0.2, 0) is 13.0 Å². The van der Waals surface area contributed by atoms with Crippen LogP contribution in [0.3, 0.4) is 0 Å². The fourth-order valence-electron chi connectivity index (χ4n) is 4.57. The van der Waals surface area contributed by atoms with Gasteiger partial charge in [-0.15, -0.1) is 5.10 Å². The lowest BCUT2D eigenvalue weighted by Crippen LogP contribution is -2.48. The standard InChI is InChI=1S/C26H26F2N6/c27-22-11-5-4-10-21(22)25(26-29-30-31-34(26)15-14-20-8-2-1-3-9-20)33-18-16-32(17-19-33)24-13-7-6-12-23(24)28/h1-13,25H,14-19H2. The number of hydrogen-bond donors (Lipinski definition) is 0. The minimum Gasteiger partial charge on any atom is -0.367 e. The first-order valence-electron chi connectivity index (χ1n) is 11.5. The molecule has 1 aliphatic heterocycles. The molecule has 3 aromatic carbocycles. The number of halogens is 2. The highest BCUT2D eigenvalue weighted by molar-refractivity contribution is 5.48. The summed E-state index contributed by atoms with van der Waals surface area (Å²) < 4.78 is 31.1. The minimum atomic E-state index is -0.435. The zero-order valence-electron chi connectivity index (χ0n) is 18.8. The van der Waals surface area contributed by atoms with E-state index < -0.39 is 6.04 Å². The van der Waals surface area contributed by atoms with Crippen LogP contribution in [0.5, 0.6) is 0 Å². The molecule has 0 bridgehead atoms. The molecule has 174 valence electrons. The lowest BCUT2D eigenvalue weighted by Gasteiger charge is -2.40. The Hall–Kier alpha value is -3.65. The predicted molar refractivity (Wildman–Crippen MR) is 126 cm³/mol. The molecule has 34 heavy (non-hydrogen) atoms. The first-order valence-corrected chi connectivity index (χ1v) is 11.5. The summed E-state index contributed by atoms with van der Waals surface area (Å²) >= 11 is 0. The van der Waals surface area contributed by atoms with Gasteiger partial charge in [-0.2, -0.15) is 0 Å². The van der Waals surface area contributed by atoms with E-state index in [1.807, 2.05) is 35.2 Å². The molecule has 5 rings (SSSR count). The molecule has 0 aliphatic carbocycles. The molecule has 0 amide bonds. The lowest BCUT2D eigenvalue weighted by molar-refractivity contribution is 0.197. The number of piperazine rings is 1. The van der Waals surface area contributed by atoms with Crippen molar-refractivity contribution in [1.29, 1.82) is 0 Å². The van der Waals surface area contributed by atoms with Crippen molar-refractivity contribution in [2.45, 2.75) is 19.0 Å². The van der Waals surface area contributed by atoms with Crippen LogP contribution in [0.4, 0.5) is 14.5 Å². The van der Waals surface area contributed by atoms with Crippen LogP contribution < -0.4 is 4.90 Å². The van der Waals surface area contributed by atoms with Crippen molar-refractivity contribution in [2.75, 3.05) is 31.1 Å². The molecule has 0 spiro atoms. The van der Waals surface area contributed by atoms with Gasteiger partial charge in [0, 0.05) is 38.3 Å². The molecule has 1 atom stereocenters. The van der Waals surface area contributed by atoms with Crippen molar-refractivity contribution < 1.29 is 8.78 Å². The highest BCUT2D eigenvalue weighted by Crippen LogP contribution is 2.31. The number of aromatic nitrogens is 4. The number of hydrogen-bond acceptors (Lipinski definition) is 5. The Morgan fingerprint density at radius 3 is 2.18 bits per heavy atom. The minimum absolute atomic E-state index is 0.230. The van der Waals surface area contributed by atoms with Gasteiger partial charge in [-0.05, 0) is 40.6 Å². The maximum absolute atomic E-state index is 15.0. The van der Waals surface area contributed by atoms with E-state index in [2.05, 4.69) is 32.6 Å². The van der Waals surface area contributed by atoms with Crippen molar-refractivity contribution in [2.24, 2.45) is 0 Å². The lowest BCUT2D eigenvalue weighted by atomic mass is 10.0. The first-order chi connectivity index (χ1) is 16.7. The monoisotopic (exact) mass is 460 g/mol. The van der Waals surface area contributed by atoms with Gasteiger partial charge in [0.25, 0.3) is 0 Å². The smallest absolute Gasteiger partial charge is 0.173 e. The Morgan fingerprint density at radius 2 is 1.44 bits per heavy atom. The molecular weight excluding hydrogens is 434 g/mol. The maximum atomic E-state index is 15.0. The third-order valence-corrected chi connectivity index (χ3v) is 6.33. The van der Waals surface area contributed by atoms with Gasteiger partial charge in [0.1, 0.15) is 17.7 Å². The largest absolute Gasteiger partial charge is 0.367 e. The number of rotatable bonds is 7. The van der Waals surface area contributed by atoms with Gasteiger partial charge in [0.15, 0.2) is 5.82 Å². The number of benzene rings is 3. The van der Waals surface area contributed by atoms with Crippen LogP contribution in [0.1, 0.15) is 23.0 Å². The zero-order chi connectivity index (χ0) is 23.3. The van der Waals surface area contributed by atoms with Crippen LogP contribution in [0, 0.1) is 11.6 Å². The van der Waals surface area contributed by atoms with E-state index in [9.17, 15) is 8.78 Å². The quantitative estimate of drug-likeness (QED) is 0.416. The normalized spacial score (nSPS) is 15.4. The zero-order valence-corrected chi connectivity index (χ0v) is 18.8. The Labute approximate surface area is 197 Å². The molecule has 1 saturated heterocycles. The SMILES string of the molecule is Fc1ccccc1C(c1nnnn1CCc1ccccc1)N1CCN(c2ccccc2F)CC1. The average molecular weight is 461 g/mol. The third-order valence-electron chi connectivity index (χ3n) is 6.33. The Bertz CT molecular complexity index is 1220. The van der Waals surface area contributed by atoms with Crippen molar-refractivity contribution in [3.63, 3.8) is 0 Å². The van der Waals surface area contributed by atoms with Gasteiger partial charge in [-0.25, -0.2) is 13.5 Å². The predicted octanol–water partition coefficient (Wildman–Crippen LogP) is 4.11. The van der Waals surface area contributed by atoms with Gasteiger partial charge >= 0.3 is 0 Å². The second-order valence-electron chi connectivity index (χ2n) is 8.39. The van der Waals surface area contributed by atoms with E-state index in [-0.39, 0.29) is 11.6 Å². The number of tetrazole rings is 1. The van der Waals surface area contributed by atoms with Gasteiger partial charge < -0.3 is 4.90 Å². The van der Waals surface area contributed by atoms with Crippen LogP contribution in [-0.4, -0.2) is 51.3 Å². The number of anilines is 1. The summed E-state index contributed by atoms with van der Waals surface area (Å²) in [4.78, 5) is 4.21. The molecule has 0 radical (unpaired) electrons. The molecule has 8 heteroatoms. The van der Waals surface area contributed by atoms with Crippen LogP contribution in [0.2, 0.25) is 0 Å². The number of aryl methyl sites for hydroxylation is 2. The van der Waals surface area contributed by atoms with E-state index in [0.29, 0.717) is 49.8 Å². The Morgan fingerprint density at radius 1 is 0.765 bits per heavy atom. The molecule has 0 N–H and O–H groups in total. The molecular formula is C26H26F2N6. The highest BCUT2D eigenvalue weighted by Gasteiger charge is 2.32. The molecule has 0 saturated carbocycles. The fourth-order valence-corrected chi connectivity index (χ4v) is 4.57. The second kappa shape index (κ2) is 10.1. The average Bonchev–Trinajstić information content (AvgIpc) is 3.34. The highest BCUT2D eigenvalue weighted by atomic mass is 19.1. The maximum Gasteiger partial charge on any atom is 0.173 e. The molecule has 1 unspecified atom stereocenters. The van der Waals surface area contributed by atoms with E-state index in [1.54, 1.807) is 28.9 Å². The topological polar surface area (TPSA) is 50.1 Å². The van der Waals surface area contributed by atoms with E-state index in [4.69, 9.17) is 0 Å². The van der Waals surface area contributed by atoms with Crippen LogP contribution in [0.15, 0.2) is 78.9 Å². The van der Waals surface area contributed by atoms with Crippen LogP contribution >= 0.6 is 0 Å². The van der Waals surface area contributed by atoms with E-state index in [1.165, 1.54) is 17.7 Å². The van der Waals surface area contributed by atoms with Crippen molar-refractivity contribution in [1.82, 2.24) is 25.1 Å². The Balaban J connectivity index is 1.40. The number of para-hydroxylation sites is 1. The van der Waals surface area contributed by atoms with E-state index >= 15 is 0 Å². The Kier molecular flexibility index (Phi) is 6.58. The molecule has 4 aromatic rings. The molecule has 6 nitrogen and oxygen atoms in total. The van der Waals surface area contributed by atoms with Gasteiger partial charge in [0.2, 0.25) is 0 Å². The summed E-state index contributed by atoms with van der Waals surface area (Å²) in [6.45, 7) is 3.08. The summed E-state index contributed by atoms with van der Waals surface area (Å²) in [5, 5.41) is 12.5. The first kappa shape index (κ1) is 22.2. The van der Waals surface area contributed by atoms with E-state index in [0.717, 1.165) is 6.42 Å². The summed E-state index contributed by atoms with van der Waals surface area (Å²) in [5.74, 6) is 0.0912. The van der Waals surface area contributed by atoms with Crippen molar-refractivity contribution in [3.8, 4) is 0 Å². The summed E-state index contributed by atoms with van der Waals surface area (Å²) in [6.07, 6.45) is 0.768. The van der Waals surface area contributed by atoms with Gasteiger partial charge in [-0.3, -0.25) is 4.90 Å². The molecule has 1 fully saturated rings. The molecule has 2 heterocycles. The van der Waals surface area contributed by atoms with Crippen molar-refractivity contribution in [3.05, 3.63) is 107 Å². The second-order valence-corrected chi connectivity index (χ2v) is 8.39. The molecule has 1 aliphatic rings. The summed E-state index contributed by atoms with van der Waals surface area (Å²) in [6, 6.07) is 23.3. The van der Waals surface area contributed by atoms with Crippen molar-refractivity contribution >= 4 is 5.69 Å². The van der Waals surface area contributed by atoms with Gasteiger partial charge in [-0.1, -0.05) is 60.7 Å². The fraction of sp³-hybridized carbons (Fsp3) is 0.269. The molecule has 1 aromatic heterocycles. The van der Waals surface area contributed by atoms with Gasteiger partial charge in [0.05, 0.1) is 5.69 Å². The summed E-state index contributed by atoms with van der Waals surface area (Å²) in [7, 11) is 0. The summed E-state index contributed by atoms with van der Waals surface area (Å²) in [5.41, 5.74) is 2.32.